The quantitative estimate of drug-likeness (QED) is 0.185. The van der Waals surface area contributed by atoms with Gasteiger partial charge >= 0.3 is 5.97 Å². The standard InChI is InChI=1S/C35H34ClN5O3S2.CH4/c1-20-31-29-11-10-27(36)33(31)32-21(2)39(3)38-28(32)19-45-17-23-15-24(40(4)37-23)18-46-25-14-22-8-5-6-9-26(22)30(16-25)44-13-7-12-41(29)34(20)35(42)43;/h5-6,8-11,14-16H,7,12-13,17-19H2,1-4H3,(H,42,43);1H4. The first-order valence-electron chi connectivity index (χ1n) is 15.2. The first-order valence-corrected chi connectivity index (χ1v) is 17.7. The molecule has 11 heteroatoms. The van der Waals surface area contributed by atoms with Gasteiger partial charge < -0.3 is 14.4 Å². The van der Waals surface area contributed by atoms with Crippen LogP contribution in [-0.2, 0) is 37.9 Å². The molecule has 1 aliphatic rings. The normalized spacial score (nSPS) is 14.0. The molecule has 8 nitrogen and oxygen atoms in total. The van der Waals surface area contributed by atoms with Crippen molar-refractivity contribution in [2.75, 3.05) is 6.61 Å². The summed E-state index contributed by atoms with van der Waals surface area (Å²) in [6, 6.07) is 18.6. The van der Waals surface area contributed by atoms with Crippen molar-refractivity contribution in [1.29, 1.82) is 0 Å². The van der Waals surface area contributed by atoms with Gasteiger partial charge in [-0.15, -0.1) is 23.5 Å². The van der Waals surface area contributed by atoms with Crippen LogP contribution in [0.1, 0.15) is 52.7 Å². The molecule has 0 spiro atoms. The van der Waals surface area contributed by atoms with Gasteiger partial charge in [0.2, 0.25) is 0 Å². The maximum atomic E-state index is 12.7. The van der Waals surface area contributed by atoms with E-state index >= 15 is 0 Å². The summed E-state index contributed by atoms with van der Waals surface area (Å²) in [5.41, 5.74) is 7.67. The highest BCUT2D eigenvalue weighted by molar-refractivity contribution is 7.98. The van der Waals surface area contributed by atoms with Gasteiger partial charge in [0.1, 0.15) is 11.4 Å². The summed E-state index contributed by atoms with van der Waals surface area (Å²) in [4.78, 5) is 13.8. The largest absolute Gasteiger partial charge is 0.493 e. The zero-order valence-electron chi connectivity index (χ0n) is 26.1. The number of aryl methyl sites for hydroxylation is 4. The molecule has 244 valence electrons. The van der Waals surface area contributed by atoms with Crippen molar-refractivity contribution in [2.45, 2.75) is 56.4 Å². The molecule has 1 aliphatic heterocycles. The Kier molecular flexibility index (Phi) is 9.38. The number of carbonyl (C=O) groups is 1. The smallest absolute Gasteiger partial charge is 0.352 e. The van der Waals surface area contributed by atoms with Gasteiger partial charge in [0.25, 0.3) is 0 Å². The summed E-state index contributed by atoms with van der Waals surface area (Å²) < 4.78 is 12.2. The van der Waals surface area contributed by atoms with Gasteiger partial charge in [-0.2, -0.15) is 10.2 Å². The van der Waals surface area contributed by atoms with Crippen molar-refractivity contribution in [1.82, 2.24) is 24.1 Å². The molecule has 0 aliphatic carbocycles. The van der Waals surface area contributed by atoms with E-state index in [9.17, 15) is 9.90 Å². The molecular weight excluding hydrogens is 650 g/mol. The second-order valence-corrected chi connectivity index (χ2v) is 14.1. The number of fused-ring (bicyclic) bond motifs is 8. The Morgan fingerprint density at radius 3 is 2.60 bits per heavy atom. The van der Waals surface area contributed by atoms with Crippen molar-refractivity contribution in [3.63, 3.8) is 0 Å². The van der Waals surface area contributed by atoms with Crippen LogP contribution in [-0.4, -0.2) is 41.8 Å². The number of nitrogens with zero attached hydrogens (tertiary/aromatic N) is 5. The lowest BCUT2D eigenvalue weighted by atomic mass is 9.97. The lowest BCUT2D eigenvalue weighted by Gasteiger charge is -2.14. The number of thioether (sulfide) groups is 2. The van der Waals surface area contributed by atoms with Crippen molar-refractivity contribution in [3.8, 4) is 16.9 Å². The molecule has 3 aromatic heterocycles. The molecule has 0 radical (unpaired) electrons. The molecule has 0 atom stereocenters. The zero-order chi connectivity index (χ0) is 32.1. The molecule has 0 saturated heterocycles. The molecule has 47 heavy (non-hydrogen) atoms. The zero-order valence-corrected chi connectivity index (χ0v) is 28.5. The van der Waals surface area contributed by atoms with Crippen LogP contribution in [0.3, 0.4) is 0 Å². The predicted octanol–water partition coefficient (Wildman–Crippen LogP) is 9.04. The fourth-order valence-electron chi connectivity index (χ4n) is 6.51. The van der Waals surface area contributed by atoms with Crippen molar-refractivity contribution in [2.24, 2.45) is 14.1 Å². The van der Waals surface area contributed by atoms with Crippen molar-refractivity contribution in [3.05, 3.63) is 93.7 Å². The SMILES string of the molecule is C.Cc1c(C(=O)O)n2c3ccc(Cl)c(c13)-c1c(nn(C)c1C)CSCc1cc(n(C)n1)CSc1cc(c3ccccc3c1)OCCC2. The number of aromatic nitrogens is 5. The highest BCUT2D eigenvalue weighted by Crippen LogP contribution is 2.43. The number of benzene rings is 3. The Morgan fingerprint density at radius 1 is 0.979 bits per heavy atom. The number of hydrogen-bond donors (Lipinski definition) is 1. The third kappa shape index (κ3) is 6.03. The lowest BCUT2D eigenvalue weighted by Crippen LogP contribution is -2.12. The summed E-state index contributed by atoms with van der Waals surface area (Å²) in [7, 11) is 3.94. The summed E-state index contributed by atoms with van der Waals surface area (Å²) in [5.74, 6) is 2.04. The Morgan fingerprint density at radius 2 is 1.79 bits per heavy atom. The first kappa shape index (κ1) is 33.1. The van der Waals surface area contributed by atoms with Crippen LogP contribution in [0.4, 0.5) is 0 Å². The van der Waals surface area contributed by atoms with Gasteiger partial charge in [0, 0.05) is 86.6 Å². The van der Waals surface area contributed by atoms with E-state index in [1.54, 1.807) is 23.5 Å². The minimum Gasteiger partial charge on any atom is -0.493 e. The molecule has 8 bridgehead atoms. The van der Waals surface area contributed by atoms with Crippen LogP contribution in [0.15, 0.2) is 59.5 Å². The van der Waals surface area contributed by atoms with E-state index < -0.39 is 5.97 Å². The minimum absolute atomic E-state index is 0. The number of carboxylic acid groups (broad SMARTS) is 1. The van der Waals surface area contributed by atoms with E-state index in [1.807, 2.05) is 66.1 Å². The molecule has 0 amide bonds. The number of carboxylic acids is 1. The Hall–Kier alpha value is -3.86. The summed E-state index contributed by atoms with van der Waals surface area (Å²) >= 11 is 10.5. The molecule has 0 unspecified atom stereocenters. The van der Waals surface area contributed by atoms with Crippen LogP contribution in [0.2, 0.25) is 5.02 Å². The number of halogens is 1. The number of aromatic carboxylic acids is 1. The Balaban J connectivity index is 0.00000386. The first-order chi connectivity index (χ1) is 22.2. The van der Waals surface area contributed by atoms with E-state index in [2.05, 4.69) is 30.3 Å². The number of ether oxygens (including phenoxy) is 1. The monoisotopic (exact) mass is 687 g/mol. The molecule has 7 rings (SSSR count). The fourth-order valence-corrected chi connectivity index (χ4v) is 8.60. The van der Waals surface area contributed by atoms with Crippen molar-refractivity contribution < 1.29 is 14.6 Å². The molecule has 4 heterocycles. The lowest BCUT2D eigenvalue weighted by molar-refractivity contribution is 0.0684. The predicted molar refractivity (Wildman–Crippen MR) is 194 cm³/mol. The molecule has 6 aromatic rings. The molecular formula is C36H38ClN5O3S2. The number of hydrogen-bond acceptors (Lipinski definition) is 6. The molecule has 0 fully saturated rings. The van der Waals surface area contributed by atoms with Gasteiger partial charge in [-0.1, -0.05) is 43.3 Å². The summed E-state index contributed by atoms with van der Waals surface area (Å²) in [6.07, 6.45) is 0.624. The summed E-state index contributed by atoms with van der Waals surface area (Å²) in [6.45, 7) is 4.84. The molecule has 1 N–H and O–H groups in total. The van der Waals surface area contributed by atoms with E-state index in [0.29, 0.717) is 35.9 Å². The fraction of sp³-hybridized carbons (Fsp3) is 0.306. The third-order valence-corrected chi connectivity index (χ3v) is 11.1. The van der Waals surface area contributed by atoms with E-state index in [0.717, 1.165) is 77.7 Å². The average Bonchev–Trinajstić information content (AvgIpc) is 3.63. The van der Waals surface area contributed by atoms with Gasteiger partial charge in [0.05, 0.1) is 18.0 Å². The second kappa shape index (κ2) is 13.3. The minimum atomic E-state index is -0.963. The van der Waals surface area contributed by atoms with Gasteiger partial charge in [-0.3, -0.25) is 9.36 Å². The molecule has 0 saturated carbocycles. The van der Waals surface area contributed by atoms with Gasteiger partial charge in [-0.05, 0) is 61.5 Å². The van der Waals surface area contributed by atoms with Crippen LogP contribution in [0.5, 0.6) is 5.75 Å². The highest BCUT2D eigenvalue weighted by Gasteiger charge is 2.27. The van der Waals surface area contributed by atoms with E-state index in [4.69, 9.17) is 26.5 Å². The average molecular weight is 688 g/mol. The number of rotatable bonds is 1. The van der Waals surface area contributed by atoms with Crippen LogP contribution in [0.25, 0.3) is 32.8 Å². The van der Waals surface area contributed by atoms with Crippen LogP contribution in [0, 0.1) is 13.8 Å². The maximum Gasteiger partial charge on any atom is 0.352 e. The van der Waals surface area contributed by atoms with Gasteiger partial charge in [0.15, 0.2) is 0 Å². The van der Waals surface area contributed by atoms with Crippen molar-refractivity contribution >= 4 is 62.8 Å². The topological polar surface area (TPSA) is 87.1 Å². The Bertz CT molecular complexity index is 2150. The third-order valence-electron chi connectivity index (χ3n) is 8.77. The van der Waals surface area contributed by atoms with Crippen LogP contribution >= 0.6 is 35.1 Å². The van der Waals surface area contributed by atoms with E-state index in [-0.39, 0.29) is 13.1 Å². The van der Waals surface area contributed by atoms with Crippen LogP contribution < -0.4 is 4.74 Å². The maximum absolute atomic E-state index is 12.7. The summed E-state index contributed by atoms with van der Waals surface area (Å²) in [5, 5.41) is 23.7. The van der Waals surface area contributed by atoms with E-state index in [1.165, 1.54) is 0 Å². The highest BCUT2D eigenvalue weighted by atomic mass is 35.5. The molecule has 3 aromatic carbocycles. The second-order valence-electron chi connectivity index (χ2n) is 11.7. The Labute approximate surface area is 288 Å². The van der Waals surface area contributed by atoms with Gasteiger partial charge in [-0.25, -0.2) is 4.79 Å².